The maximum atomic E-state index is 11.2. The fourth-order valence-corrected chi connectivity index (χ4v) is 1.82. The van der Waals surface area contributed by atoms with E-state index in [1.807, 2.05) is 0 Å². The van der Waals surface area contributed by atoms with E-state index >= 15 is 0 Å². The van der Waals surface area contributed by atoms with Crippen LogP contribution in [0.3, 0.4) is 0 Å². The maximum Gasteiger partial charge on any atom is 0.223 e. The van der Waals surface area contributed by atoms with Gasteiger partial charge in [-0.15, -0.1) is 0 Å². The van der Waals surface area contributed by atoms with Crippen LogP contribution in [0.2, 0.25) is 0 Å². The molecule has 0 aromatic carbocycles. The van der Waals surface area contributed by atoms with Crippen LogP contribution in [-0.2, 0) is 9.59 Å². The normalized spacial score (nSPS) is 27.7. The molecule has 1 N–H and O–H groups in total. The summed E-state index contributed by atoms with van der Waals surface area (Å²) in [4.78, 5) is 22.5. The van der Waals surface area contributed by atoms with Crippen LogP contribution in [0.5, 0.6) is 0 Å². The predicted octanol–water partition coefficient (Wildman–Crippen LogP) is 0.882. The van der Waals surface area contributed by atoms with Gasteiger partial charge >= 0.3 is 0 Å². The molecule has 0 heterocycles. The Hall–Kier alpha value is -0.860. The Bertz CT molecular complexity index is 233. The number of carbonyl (C=O) groups is 2. The minimum atomic E-state index is 0.114. The molecule has 0 saturated heterocycles. The molecule has 2 rings (SSSR count). The number of rotatable bonds is 3. The molecule has 0 aromatic rings. The van der Waals surface area contributed by atoms with E-state index < -0.39 is 0 Å². The maximum absolute atomic E-state index is 11.2. The first-order valence-corrected chi connectivity index (χ1v) is 5.08. The molecular formula is C10H15NO2. The van der Waals surface area contributed by atoms with Crippen LogP contribution in [0, 0.1) is 11.8 Å². The first kappa shape index (κ1) is 8.73. The van der Waals surface area contributed by atoms with Gasteiger partial charge in [0.05, 0.1) is 0 Å². The average molecular weight is 181 g/mol. The fraction of sp³-hybridized carbons (Fsp3) is 0.800. The molecule has 1 unspecified atom stereocenters. The van der Waals surface area contributed by atoms with Crippen LogP contribution >= 0.6 is 0 Å². The van der Waals surface area contributed by atoms with Crippen LogP contribution in [0.4, 0.5) is 0 Å². The van der Waals surface area contributed by atoms with Crippen molar-refractivity contribution in [2.24, 2.45) is 11.8 Å². The van der Waals surface area contributed by atoms with E-state index in [1.165, 1.54) is 0 Å². The smallest absolute Gasteiger partial charge is 0.223 e. The molecular weight excluding hydrogens is 166 g/mol. The highest BCUT2D eigenvalue weighted by molar-refractivity contribution is 5.85. The van der Waals surface area contributed by atoms with E-state index in [0.29, 0.717) is 18.7 Å². The molecule has 0 aliphatic heterocycles. The molecule has 0 spiro atoms. The largest absolute Gasteiger partial charge is 0.355 e. The summed E-state index contributed by atoms with van der Waals surface area (Å²) in [5.41, 5.74) is 0. The number of hydrogen-bond acceptors (Lipinski definition) is 2. The number of amides is 1. The molecule has 2 saturated carbocycles. The van der Waals surface area contributed by atoms with Crippen LogP contribution in [0.15, 0.2) is 0 Å². The number of carbonyl (C=O) groups excluding carboxylic acids is 2. The third kappa shape index (κ3) is 2.08. The van der Waals surface area contributed by atoms with Gasteiger partial charge in [-0.3, -0.25) is 9.59 Å². The van der Waals surface area contributed by atoms with Crippen molar-refractivity contribution in [3.63, 3.8) is 0 Å². The SMILES string of the molecule is O=C1CCCC1CNC(=O)C1CC1. The lowest BCUT2D eigenvalue weighted by Crippen LogP contribution is -2.31. The molecule has 1 atom stereocenters. The molecule has 72 valence electrons. The van der Waals surface area contributed by atoms with E-state index in [2.05, 4.69) is 5.32 Å². The second kappa shape index (κ2) is 3.48. The third-order valence-electron chi connectivity index (χ3n) is 2.90. The molecule has 0 bridgehead atoms. The second-order valence-corrected chi connectivity index (χ2v) is 4.07. The summed E-state index contributed by atoms with van der Waals surface area (Å²) in [7, 11) is 0. The van der Waals surface area contributed by atoms with E-state index in [0.717, 1.165) is 25.7 Å². The monoisotopic (exact) mass is 181 g/mol. The molecule has 3 heteroatoms. The summed E-state index contributed by atoms with van der Waals surface area (Å²) in [6.07, 6.45) is 4.74. The van der Waals surface area contributed by atoms with Crippen molar-refractivity contribution < 1.29 is 9.59 Å². The zero-order chi connectivity index (χ0) is 9.26. The highest BCUT2D eigenvalue weighted by Gasteiger charge is 2.31. The first-order valence-electron chi connectivity index (χ1n) is 5.08. The lowest BCUT2D eigenvalue weighted by molar-refractivity contribution is -0.123. The van der Waals surface area contributed by atoms with Crippen LogP contribution in [0.1, 0.15) is 32.1 Å². The van der Waals surface area contributed by atoms with Gasteiger partial charge in [-0.25, -0.2) is 0 Å². The number of Topliss-reactive ketones (excluding diaryl/α,β-unsaturated/α-hetero) is 1. The highest BCUT2D eigenvalue weighted by Crippen LogP contribution is 2.29. The van der Waals surface area contributed by atoms with Gasteiger partial charge in [0.2, 0.25) is 5.91 Å². The van der Waals surface area contributed by atoms with Gasteiger partial charge < -0.3 is 5.32 Å². The van der Waals surface area contributed by atoms with Crippen molar-refractivity contribution in [1.29, 1.82) is 0 Å². The van der Waals surface area contributed by atoms with Crippen molar-refractivity contribution in [2.75, 3.05) is 6.54 Å². The Morgan fingerprint density at radius 3 is 2.69 bits per heavy atom. The summed E-state index contributed by atoms with van der Waals surface area (Å²) in [5.74, 6) is 0.856. The lowest BCUT2D eigenvalue weighted by atomic mass is 10.1. The molecule has 2 fully saturated rings. The molecule has 2 aliphatic carbocycles. The van der Waals surface area contributed by atoms with Gasteiger partial charge in [-0.05, 0) is 25.7 Å². The Kier molecular flexibility index (Phi) is 2.34. The molecule has 3 nitrogen and oxygen atoms in total. The van der Waals surface area contributed by atoms with Gasteiger partial charge in [0.1, 0.15) is 5.78 Å². The molecule has 0 radical (unpaired) electrons. The minimum absolute atomic E-state index is 0.114. The highest BCUT2D eigenvalue weighted by atomic mass is 16.2. The Morgan fingerprint density at radius 1 is 1.38 bits per heavy atom. The van der Waals surface area contributed by atoms with Crippen LogP contribution in [0.25, 0.3) is 0 Å². The van der Waals surface area contributed by atoms with E-state index in [-0.39, 0.29) is 17.7 Å². The van der Waals surface area contributed by atoms with Gasteiger partial charge in [-0.1, -0.05) is 0 Å². The third-order valence-corrected chi connectivity index (χ3v) is 2.90. The summed E-state index contributed by atoms with van der Waals surface area (Å²) in [6, 6.07) is 0. The second-order valence-electron chi connectivity index (χ2n) is 4.07. The first-order chi connectivity index (χ1) is 6.27. The van der Waals surface area contributed by atoms with E-state index in [9.17, 15) is 9.59 Å². The van der Waals surface area contributed by atoms with Crippen molar-refractivity contribution in [2.45, 2.75) is 32.1 Å². The fourth-order valence-electron chi connectivity index (χ4n) is 1.82. The van der Waals surface area contributed by atoms with Crippen molar-refractivity contribution in [1.82, 2.24) is 5.32 Å². The zero-order valence-electron chi connectivity index (χ0n) is 7.71. The summed E-state index contributed by atoms with van der Waals surface area (Å²) < 4.78 is 0. The topological polar surface area (TPSA) is 46.2 Å². The van der Waals surface area contributed by atoms with Crippen molar-refractivity contribution in [3.05, 3.63) is 0 Å². The van der Waals surface area contributed by atoms with Crippen LogP contribution in [-0.4, -0.2) is 18.2 Å². The Labute approximate surface area is 77.9 Å². The predicted molar refractivity (Wildman–Crippen MR) is 48.1 cm³/mol. The molecule has 2 aliphatic rings. The van der Waals surface area contributed by atoms with Gasteiger partial charge in [0, 0.05) is 24.8 Å². The lowest BCUT2D eigenvalue weighted by Gasteiger charge is -2.08. The van der Waals surface area contributed by atoms with Gasteiger partial charge in [-0.2, -0.15) is 0 Å². The Balaban J connectivity index is 1.71. The Morgan fingerprint density at radius 2 is 2.15 bits per heavy atom. The van der Waals surface area contributed by atoms with Crippen LogP contribution < -0.4 is 5.32 Å². The summed E-state index contributed by atoms with van der Waals surface area (Å²) in [5, 5.41) is 2.86. The van der Waals surface area contributed by atoms with Gasteiger partial charge in [0.15, 0.2) is 0 Å². The zero-order valence-corrected chi connectivity index (χ0v) is 7.71. The van der Waals surface area contributed by atoms with Crippen molar-refractivity contribution >= 4 is 11.7 Å². The molecule has 13 heavy (non-hydrogen) atoms. The average Bonchev–Trinajstić information content (AvgIpc) is 2.88. The number of hydrogen-bond donors (Lipinski definition) is 1. The standard InChI is InChI=1S/C10H15NO2/c12-9-3-1-2-8(9)6-11-10(13)7-4-5-7/h7-8H,1-6H2,(H,11,13). The molecule has 1 amide bonds. The summed E-state index contributed by atoms with van der Waals surface area (Å²) in [6.45, 7) is 0.578. The number of ketones is 1. The van der Waals surface area contributed by atoms with E-state index in [1.54, 1.807) is 0 Å². The quantitative estimate of drug-likeness (QED) is 0.702. The summed E-state index contributed by atoms with van der Waals surface area (Å²) >= 11 is 0. The number of nitrogens with one attached hydrogen (secondary N) is 1. The van der Waals surface area contributed by atoms with Gasteiger partial charge in [0.25, 0.3) is 0 Å². The van der Waals surface area contributed by atoms with Crippen molar-refractivity contribution in [3.8, 4) is 0 Å². The minimum Gasteiger partial charge on any atom is -0.355 e. The molecule has 0 aromatic heterocycles. The van der Waals surface area contributed by atoms with E-state index in [4.69, 9.17) is 0 Å².